The van der Waals surface area contributed by atoms with E-state index in [9.17, 15) is 13.2 Å². The minimum Gasteiger partial charge on any atom is -0.360 e. The first kappa shape index (κ1) is 14.8. The van der Waals surface area contributed by atoms with Gasteiger partial charge in [0, 0.05) is 6.07 Å². The van der Waals surface area contributed by atoms with Gasteiger partial charge in [-0.2, -0.15) is 10.1 Å². The third-order valence-electron chi connectivity index (χ3n) is 2.72. The maximum Gasteiger partial charge on any atom is 0.249 e. The monoisotopic (exact) mass is 322 g/mol. The number of hydrogen-bond donors (Lipinski definition) is 2. The molecule has 10 heteroatoms. The number of aryl methyl sites for hydroxylation is 1. The highest BCUT2D eigenvalue weighted by Gasteiger charge is 2.14. The molecule has 0 saturated heterocycles. The number of anilines is 4. The molecule has 2 N–H and O–H groups in total. The quantitative estimate of drug-likeness (QED) is 0.714. The van der Waals surface area contributed by atoms with Crippen molar-refractivity contribution in [3.63, 3.8) is 0 Å². The average Bonchev–Trinajstić information content (AvgIpc) is 2.93. The lowest BCUT2D eigenvalue weighted by atomic mass is 10.3. The van der Waals surface area contributed by atoms with Crippen LogP contribution in [0.15, 0.2) is 28.9 Å². The SMILES string of the molecule is Cc1cc(Nc2cnnc(Nc3ccc(F)c(F)c3F)n2)no1. The lowest BCUT2D eigenvalue weighted by Gasteiger charge is -2.07. The summed E-state index contributed by atoms with van der Waals surface area (Å²) in [5.74, 6) is -3.12. The lowest BCUT2D eigenvalue weighted by molar-refractivity contribution is 0.400. The highest BCUT2D eigenvalue weighted by Crippen LogP contribution is 2.22. The molecule has 3 aromatic rings. The fourth-order valence-corrected chi connectivity index (χ4v) is 1.72. The molecule has 118 valence electrons. The maximum atomic E-state index is 13.6. The Morgan fingerprint density at radius 3 is 2.61 bits per heavy atom. The van der Waals surface area contributed by atoms with Gasteiger partial charge in [0.2, 0.25) is 5.95 Å². The molecular formula is C13H9F3N6O. The van der Waals surface area contributed by atoms with Gasteiger partial charge >= 0.3 is 0 Å². The Kier molecular flexibility index (Phi) is 3.79. The topological polar surface area (TPSA) is 88.8 Å². The zero-order chi connectivity index (χ0) is 16.4. The molecule has 0 amide bonds. The highest BCUT2D eigenvalue weighted by atomic mass is 19.2. The van der Waals surface area contributed by atoms with Crippen molar-refractivity contribution < 1.29 is 17.7 Å². The number of nitrogens with zero attached hydrogens (tertiary/aromatic N) is 4. The van der Waals surface area contributed by atoms with E-state index in [1.165, 1.54) is 6.20 Å². The van der Waals surface area contributed by atoms with E-state index in [0.29, 0.717) is 11.6 Å². The number of benzene rings is 1. The van der Waals surface area contributed by atoms with E-state index < -0.39 is 17.5 Å². The van der Waals surface area contributed by atoms with Crippen molar-refractivity contribution in [2.75, 3.05) is 10.6 Å². The van der Waals surface area contributed by atoms with Crippen LogP contribution in [0, 0.1) is 24.4 Å². The van der Waals surface area contributed by atoms with Gasteiger partial charge < -0.3 is 15.2 Å². The van der Waals surface area contributed by atoms with Crippen molar-refractivity contribution in [2.24, 2.45) is 0 Å². The molecule has 23 heavy (non-hydrogen) atoms. The first-order chi connectivity index (χ1) is 11.0. The van der Waals surface area contributed by atoms with Gasteiger partial charge in [-0.1, -0.05) is 5.16 Å². The zero-order valence-electron chi connectivity index (χ0n) is 11.6. The van der Waals surface area contributed by atoms with Crippen LogP contribution in [-0.2, 0) is 0 Å². The first-order valence-corrected chi connectivity index (χ1v) is 6.33. The Morgan fingerprint density at radius 2 is 1.87 bits per heavy atom. The Bertz CT molecular complexity index is 853. The molecule has 0 radical (unpaired) electrons. The number of hydrogen-bond acceptors (Lipinski definition) is 7. The lowest BCUT2D eigenvalue weighted by Crippen LogP contribution is -2.05. The van der Waals surface area contributed by atoms with E-state index >= 15 is 0 Å². The van der Waals surface area contributed by atoms with Crippen molar-refractivity contribution in [2.45, 2.75) is 6.92 Å². The summed E-state index contributed by atoms with van der Waals surface area (Å²) in [6.07, 6.45) is 1.30. The van der Waals surface area contributed by atoms with Crippen LogP contribution in [0.25, 0.3) is 0 Å². The van der Waals surface area contributed by atoms with E-state index in [1.54, 1.807) is 13.0 Å². The van der Waals surface area contributed by atoms with Gasteiger partial charge in [-0.3, -0.25) is 0 Å². The second kappa shape index (κ2) is 5.91. The summed E-state index contributed by atoms with van der Waals surface area (Å²) in [4.78, 5) is 4.01. The summed E-state index contributed by atoms with van der Waals surface area (Å²) in [7, 11) is 0. The molecule has 0 fully saturated rings. The third-order valence-corrected chi connectivity index (χ3v) is 2.72. The molecule has 2 aromatic heterocycles. The van der Waals surface area contributed by atoms with Gasteiger partial charge in [0.1, 0.15) is 5.76 Å². The van der Waals surface area contributed by atoms with Crippen molar-refractivity contribution in [1.29, 1.82) is 0 Å². The molecule has 0 spiro atoms. The molecule has 0 unspecified atom stereocenters. The third kappa shape index (κ3) is 3.20. The van der Waals surface area contributed by atoms with Gasteiger partial charge in [0.05, 0.1) is 11.9 Å². The molecule has 0 atom stereocenters. The van der Waals surface area contributed by atoms with Crippen LogP contribution in [0.2, 0.25) is 0 Å². The summed E-state index contributed by atoms with van der Waals surface area (Å²) >= 11 is 0. The summed E-state index contributed by atoms with van der Waals surface area (Å²) in [6.45, 7) is 1.72. The van der Waals surface area contributed by atoms with Gasteiger partial charge in [-0.25, -0.2) is 13.2 Å². The van der Waals surface area contributed by atoms with Crippen molar-refractivity contribution >= 4 is 23.3 Å². The molecule has 1 aromatic carbocycles. The first-order valence-electron chi connectivity index (χ1n) is 6.33. The normalized spacial score (nSPS) is 10.6. The minimum absolute atomic E-state index is 0.111. The van der Waals surface area contributed by atoms with E-state index in [0.717, 1.165) is 12.1 Å². The Balaban J connectivity index is 1.81. The molecule has 0 bridgehead atoms. The molecule has 3 rings (SSSR count). The molecule has 0 saturated carbocycles. The minimum atomic E-state index is -1.59. The maximum absolute atomic E-state index is 13.6. The Hall–Kier alpha value is -3.17. The van der Waals surface area contributed by atoms with Gasteiger partial charge in [-0.15, -0.1) is 5.10 Å². The van der Waals surface area contributed by atoms with Gasteiger partial charge in [0.25, 0.3) is 0 Å². The fourth-order valence-electron chi connectivity index (χ4n) is 1.72. The molecule has 0 aliphatic carbocycles. The molecule has 0 aliphatic heterocycles. The Labute approximate surface area is 127 Å². The number of halogens is 3. The average molecular weight is 322 g/mol. The van der Waals surface area contributed by atoms with Crippen molar-refractivity contribution in [3.05, 3.63) is 47.6 Å². The van der Waals surface area contributed by atoms with Crippen LogP contribution in [-0.4, -0.2) is 20.3 Å². The largest absolute Gasteiger partial charge is 0.360 e. The second-order valence-corrected chi connectivity index (χ2v) is 4.46. The van der Waals surface area contributed by atoms with E-state index in [1.807, 2.05) is 0 Å². The van der Waals surface area contributed by atoms with Crippen LogP contribution in [0.3, 0.4) is 0 Å². The van der Waals surface area contributed by atoms with Gasteiger partial charge in [-0.05, 0) is 19.1 Å². The predicted octanol–water partition coefficient (Wildman–Crippen LogP) is 3.07. The molecule has 0 aliphatic rings. The number of aromatic nitrogens is 4. The van der Waals surface area contributed by atoms with Crippen LogP contribution in [0.1, 0.15) is 5.76 Å². The van der Waals surface area contributed by atoms with Gasteiger partial charge in [0.15, 0.2) is 29.1 Å². The summed E-state index contributed by atoms with van der Waals surface area (Å²) < 4.78 is 44.6. The Morgan fingerprint density at radius 1 is 1.04 bits per heavy atom. The van der Waals surface area contributed by atoms with E-state index in [2.05, 4.69) is 31.0 Å². The number of rotatable bonds is 4. The second-order valence-electron chi connectivity index (χ2n) is 4.46. The summed E-state index contributed by atoms with van der Waals surface area (Å²) in [5, 5.41) is 16.2. The standard InChI is InChI=1S/C13H9F3N6O/c1-6-4-9(22-23-6)19-10-5-17-21-13(20-10)18-8-3-2-7(14)11(15)12(8)16/h2-5H,1H3,(H2,18,19,20,21,22). The van der Waals surface area contributed by atoms with Crippen LogP contribution in [0.5, 0.6) is 0 Å². The fraction of sp³-hybridized carbons (Fsp3) is 0.0769. The summed E-state index contributed by atoms with van der Waals surface area (Å²) in [5.41, 5.74) is -0.319. The van der Waals surface area contributed by atoms with Crippen molar-refractivity contribution in [3.8, 4) is 0 Å². The molecule has 7 nitrogen and oxygen atoms in total. The highest BCUT2D eigenvalue weighted by molar-refractivity contribution is 5.57. The van der Waals surface area contributed by atoms with Crippen LogP contribution in [0.4, 0.5) is 36.4 Å². The van der Waals surface area contributed by atoms with E-state index in [-0.39, 0.29) is 17.5 Å². The van der Waals surface area contributed by atoms with Crippen LogP contribution < -0.4 is 10.6 Å². The zero-order valence-corrected chi connectivity index (χ0v) is 11.6. The predicted molar refractivity (Wildman–Crippen MR) is 73.9 cm³/mol. The number of nitrogens with one attached hydrogen (secondary N) is 2. The molecule has 2 heterocycles. The van der Waals surface area contributed by atoms with Crippen LogP contribution >= 0.6 is 0 Å². The van der Waals surface area contributed by atoms with E-state index in [4.69, 9.17) is 4.52 Å². The smallest absolute Gasteiger partial charge is 0.249 e. The molecular weight excluding hydrogens is 313 g/mol. The van der Waals surface area contributed by atoms with Crippen molar-refractivity contribution in [1.82, 2.24) is 20.3 Å². The summed E-state index contributed by atoms with van der Waals surface area (Å²) in [6, 6.07) is 3.44.